The molecule has 0 N–H and O–H groups in total. The summed E-state index contributed by atoms with van der Waals surface area (Å²) < 4.78 is 11.3. The number of hydrogen-bond donors (Lipinski definition) is 0. The third kappa shape index (κ3) is 2.81. The first kappa shape index (κ1) is 12.7. The van der Waals surface area contributed by atoms with Gasteiger partial charge in [0.05, 0.1) is 12.7 Å². The zero-order valence-electron chi connectivity index (χ0n) is 11.4. The molecule has 5 heteroatoms. The second-order valence-corrected chi connectivity index (χ2v) is 5.19. The molecule has 19 heavy (non-hydrogen) atoms. The van der Waals surface area contributed by atoms with E-state index in [4.69, 9.17) is 9.47 Å². The van der Waals surface area contributed by atoms with Crippen molar-refractivity contribution in [1.82, 2.24) is 9.97 Å². The van der Waals surface area contributed by atoms with Crippen molar-refractivity contribution < 1.29 is 9.47 Å². The van der Waals surface area contributed by atoms with Crippen molar-refractivity contribution in [2.45, 2.75) is 32.3 Å². The molecule has 2 atom stereocenters. The van der Waals surface area contributed by atoms with Gasteiger partial charge in [-0.15, -0.1) is 0 Å². The number of hydrogen-bond acceptors (Lipinski definition) is 5. The van der Waals surface area contributed by atoms with E-state index in [-0.39, 0.29) is 0 Å². The van der Waals surface area contributed by atoms with Crippen molar-refractivity contribution in [3.05, 3.63) is 12.4 Å². The van der Waals surface area contributed by atoms with Gasteiger partial charge in [0, 0.05) is 31.7 Å². The number of anilines is 1. The van der Waals surface area contributed by atoms with Gasteiger partial charge in [-0.25, -0.2) is 9.97 Å². The second kappa shape index (κ2) is 5.74. The third-order valence-electron chi connectivity index (χ3n) is 3.96. The number of aromatic nitrogens is 2. The van der Waals surface area contributed by atoms with Gasteiger partial charge in [-0.3, -0.25) is 0 Å². The Morgan fingerprint density at radius 2 is 2.37 bits per heavy atom. The van der Waals surface area contributed by atoms with Crippen molar-refractivity contribution in [2.75, 3.05) is 31.2 Å². The summed E-state index contributed by atoms with van der Waals surface area (Å²) in [4.78, 5) is 10.8. The first-order chi connectivity index (χ1) is 9.36. The van der Waals surface area contributed by atoms with Gasteiger partial charge in [0.15, 0.2) is 0 Å². The molecule has 2 aliphatic rings. The lowest BCUT2D eigenvalue weighted by Gasteiger charge is -2.41. The Hall–Kier alpha value is -1.36. The molecule has 2 aliphatic heterocycles. The highest BCUT2D eigenvalue weighted by Crippen LogP contribution is 2.30. The van der Waals surface area contributed by atoms with Crippen LogP contribution in [0.25, 0.3) is 0 Å². The summed E-state index contributed by atoms with van der Waals surface area (Å²) in [5, 5.41) is 0. The fourth-order valence-electron chi connectivity index (χ4n) is 3.03. The zero-order chi connectivity index (χ0) is 13.1. The average molecular weight is 263 g/mol. The van der Waals surface area contributed by atoms with Gasteiger partial charge >= 0.3 is 0 Å². The Kier molecular flexibility index (Phi) is 3.82. The van der Waals surface area contributed by atoms with Gasteiger partial charge in [0.2, 0.25) is 5.88 Å². The molecule has 1 aromatic heterocycles. The van der Waals surface area contributed by atoms with E-state index in [0.29, 0.717) is 24.5 Å². The lowest BCUT2D eigenvalue weighted by atomic mass is 9.88. The van der Waals surface area contributed by atoms with Gasteiger partial charge in [-0.1, -0.05) is 0 Å². The fraction of sp³-hybridized carbons (Fsp3) is 0.714. The summed E-state index contributed by atoms with van der Waals surface area (Å²) in [6.45, 7) is 5.57. The largest absolute Gasteiger partial charge is 0.478 e. The molecule has 104 valence electrons. The molecule has 0 bridgehead atoms. The smallest absolute Gasteiger partial charge is 0.218 e. The monoisotopic (exact) mass is 263 g/mol. The first-order valence-corrected chi connectivity index (χ1v) is 7.18. The summed E-state index contributed by atoms with van der Waals surface area (Å²) in [5.74, 6) is 2.28. The summed E-state index contributed by atoms with van der Waals surface area (Å²) in [6, 6.07) is 1.94. The molecule has 0 radical (unpaired) electrons. The SMILES string of the molecule is CCOc1cc(N2CC[C@H]3OCCC[C@@H]3C2)ncn1. The van der Waals surface area contributed by atoms with Crippen molar-refractivity contribution in [3.8, 4) is 5.88 Å². The highest BCUT2D eigenvalue weighted by Gasteiger charge is 2.32. The quantitative estimate of drug-likeness (QED) is 0.833. The van der Waals surface area contributed by atoms with E-state index < -0.39 is 0 Å². The molecule has 0 amide bonds. The minimum Gasteiger partial charge on any atom is -0.478 e. The van der Waals surface area contributed by atoms with Crippen LogP contribution in [0.5, 0.6) is 5.88 Å². The van der Waals surface area contributed by atoms with Gasteiger partial charge in [0.1, 0.15) is 12.1 Å². The van der Waals surface area contributed by atoms with Crippen molar-refractivity contribution >= 4 is 5.82 Å². The molecule has 0 aromatic carbocycles. The van der Waals surface area contributed by atoms with Crippen molar-refractivity contribution in [1.29, 1.82) is 0 Å². The fourth-order valence-corrected chi connectivity index (χ4v) is 3.03. The lowest BCUT2D eigenvalue weighted by molar-refractivity contribution is -0.0358. The van der Waals surface area contributed by atoms with E-state index in [1.807, 2.05) is 13.0 Å². The zero-order valence-corrected chi connectivity index (χ0v) is 11.4. The Morgan fingerprint density at radius 3 is 3.26 bits per heavy atom. The maximum atomic E-state index is 5.84. The van der Waals surface area contributed by atoms with Crippen LogP contribution in [0.1, 0.15) is 26.2 Å². The first-order valence-electron chi connectivity index (χ1n) is 7.18. The molecule has 2 fully saturated rings. The minimum absolute atomic E-state index is 0.457. The van der Waals surface area contributed by atoms with Crippen molar-refractivity contribution in [2.24, 2.45) is 5.92 Å². The Morgan fingerprint density at radius 1 is 1.42 bits per heavy atom. The molecular weight excluding hydrogens is 242 g/mol. The van der Waals surface area contributed by atoms with E-state index in [1.165, 1.54) is 12.8 Å². The van der Waals surface area contributed by atoms with Crippen molar-refractivity contribution in [3.63, 3.8) is 0 Å². The summed E-state index contributed by atoms with van der Waals surface area (Å²) in [7, 11) is 0. The van der Waals surface area contributed by atoms with Crippen LogP contribution < -0.4 is 9.64 Å². The maximum absolute atomic E-state index is 5.84. The number of rotatable bonds is 3. The van der Waals surface area contributed by atoms with Gasteiger partial charge in [0.25, 0.3) is 0 Å². The van der Waals surface area contributed by atoms with E-state index in [2.05, 4.69) is 14.9 Å². The maximum Gasteiger partial charge on any atom is 0.218 e. The topological polar surface area (TPSA) is 47.5 Å². The highest BCUT2D eigenvalue weighted by atomic mass is 16.5. The van der Waals surface area contributed by atoms with Crippen LogP contribution in [0.3, 0.4) is 0 Å². The Labute approximate surface area is 113 Å². The van der Waals surface area contributed by atoms with E-state index in [1.54, 1.807) is 6.33 Å². The Balaban J connectivity index is 1.70. The van der Waals surface area contributed by atoms with Gasteiger partial charge in [-0.05, 0) is 26.2 Å². The van der Waals surface area contributed by atoms with Gasteiger partial charge in [-0.2, -0.15) is 0 Å². The Bertz CT molecular complexity index is 427. The molecule has 3 rings (SSSR count). The highest BCUT2D eigenvalue weighted by molar-refractivity contribution is 5.41. The molecule has 0 spiro atoms. The molecule has 1 aromatic rings. The van der Waals surface area contributed by atoms with Gasteiger partial charge < -0.3 is 14.4 Å². The van der Waals surface area contributed by atoms with Crippen LogP contribution in [-0.2, 0) is 4.74 Å². The molecule has 0 aliphatic carbocycles. The molecule has 3 heterocycles. The van der Waals surface area contributed by atoms with Crippen LogP contribution >= 0.6 is 0 Å². The molecular formula is C14H21N3O2. The van der Waals surface area contributed by atoms with Crippen LogP contribution in [0.2, 0.25) is 0 Å². The predicted molar refractivity (Wildman–Crippen MR) is 72.5 cm³/mol. The van der Waals surface area contributed by atoms with E-state index >= 15 is 0 Å². The van der Waals surface area contributed by atoms with Crippen LogP contribution in [0.4, 0.5) is 5.82 Å². The third-order valence-corrected chi connectivity index (χ3v) is 3.96. The number of ether oxygens (including phenoxy) is 2. The van der Waals surface area contributed by atoms with E-state index in [0.717, 1.165) is 31.9 Å². The normalized spacial score (nSPS) is 26.9. The van der Waals surface area contributed by atoms with Crippen LogP contribution in [0.15, 0.2) is 12.4 Å². The number of fused-ring (bicyclic) bond motifs is 1. The lowest BCUT2D eigenvalue weighted by Crippen LogP contribution is -2.46. The number of piperidine rings is 1. The van der Waals surface area contributed by atoms with Crippen LogP contribution in [0, 0.1) is 5.92 Å². The molecule has 2 saturated heterocycles. The molecule has 0 unspecified atom stereocenters. The second-order valence-electron chi connectivity index (χ2n) is 5.19. The summed E-state index contributed by atoms with van der Waals surface area (Å²) in [5.41, 5.74) is 0. The summed E-state index contributed by atoms with van der Waals surface area (Å²) in [6.07, 6.45) is 5.59. The predicted octanol–water partition coefficient (Wildman–Crippen LogP) is 1.88. The molecule has 0 saturated carbocycles. The van der Waals surface area contributed by atoms with Crippen LogP contribution in [-0.4, -0.2) is 42.4 Å². The number of nitrogens with zero attached hydrogens (tertiary/aromatic N) is 3. The summed E-state index contributed by atoms with van der Waals surface area (Å²) >= 11 is 0. The van der Waals surface area contributed by atoms with E-state index in [9.17, 15) is 0 Å². The standard InChI is InChI=1S/C14H21N3O2/c1-2-18-14-8-13(15-10-16-14)17-6-5-12-11(9-17)4-3-7-19-12/h8,10-12H,2-7,9H2,1H3/t11-,12-/m1/s1. The molecule has 5 nitrogen and oxygen atoms in total. The minimum atomic E-state index is 0.457. The average Bonchev–Trinajstić information content (AvgIpc) is 2.47.